The van der Waals surface area contributed by atoms with Crippen LogP contribution in [0.5, 0.6) is 0 Å². The van der Waals surface area contributed by atoms with E-state index in [1.54, 1.807) is 17.9 Å². The fourth-order valence-electron chi connectivity index (χ4n) is 2.63. The number of methoxy groups -OCH3 is 1. The Morgan fingerprint density at radius 1 is 1.27 bits per heavy atom. The van der Waals surface area contributed by atoms with Crippen molar-refractivity contribution < 1.29 is 4.74 Å². The van der Waals surface area contributed by atoms with E-state index in [4.69, 9.17) is 4.74 Å². The van der Waals surface area contributed by atoms with Crippen molar-refractivity contribution in [3.63, 3.8) is 0 Å². The summed E-state index contributed by atoms with van der Waals surface area (Å²) in [5.41, 5.74) is 0.979. The summed E-state index contributed by atoms with van der Waals surface area (Å²) in [7, 11) is 3.50. The zero-order chi connectivity index (χ0) is 15.5. The highest BCUT2D eigenvalue weighted by Gasteiger charge is 2.20. The number of aryl methyl sites for hydroxylation is 1. The van der Waals surface area contributed by atoms with Crippen LogP contribution in [0.2, 0.25) is 0 Å². The van der Waals surface area contributed by atoms with Gasteiger partial charge in [-0.2, -0.15) is 5.10 Å². The molecule has 1 N–H and O–H groups in total. The number of nitrogens with zero attached hydrogens (tertiary/aromatic N) is 5. The molecule has 0 atom stereocenters. The first-order valence-electron chi connectivity index (χ1n) is 7.23. The third-order valence-corrected chi connectivity index (χ3v) is 3.72. The highest BCUT2D eigenvalue weighted by atomic mass is 16.5. The molecule has 0 spiro atoms. The minimum absolute atomic E-state index is 0.147. The predicted octanol–water partition coefficient (Wildman–Crippen LogP) is -0.0236. The molecule has 0 amide bonds. The number of hydrogen-bond donors (Lipinski definition) is 1. The van der Waals surface area contributed by atoms with E-state index in [1.807, 2.05) is 19.4 Å². The second-order valence-corrected chi connectivity index (χ2v) is 5.33. The molecule has 8 heteroatoms. The molecule has 1 aliphatic rings. The van der Waals surface area contributed by atoms with Gasteiger partial charge in [-0.15, -0.1) is 0 Å². The molecular weight excluding hydrogens is 284 g/mol. The number of aromatic amines is 1. The Bertz CT molecular complexity index is 687. The van der Waals surface area contributed by atoms with Crippen LogP contribution in [0.1, 0.15) is 5.82 Å². The van der Waals surface area contributed by atoms with E-state index in [2.05, 4.69) is 24.9 Å². The summed E-state index contributed by atoms with van der Waals surface area (Å²) >= 11 is 0. The zero-order valence-corrected chi connectivity index (χ0v) is 12.8. The molecule has 0 radical (unpaired) electrons. The number of nitrogens with one attached hydrogen (secondary N) is 1. The number of aromatic nitrogens is 4. The lowest BCUT2D eigenvalue weighted by molar-refractivity contribution is 0.177. The van der Waals surface area contributed by atoms with Crippen molar-refractivity contribution in [2.75, 3.05) is 43.1 Å². The SMILES string of the molecule is COCc1nc(N2CCN(c3cnn(C)c3)CC2)cc(=O)[nH]1. The normalized spacial score (nSPS) is 15.4. The number of H-pyrrole nitrogens is 1. The minimum Gasteiger partial charge on any atom is -0.377 e. The van der Waals surface area contributed by atoms with E-state index in [-0.39, 0.29) is 5.56 Å². The Balaban J connectivity index is 1.69. The summed E-state index contributed by atoms with van der Waals surface area (Å²) in [6, 6.07) is 1.54. The van der Waals surface area contributed by atoms with Gasteiger partial charge in [-0.1, -0.05) is 0 Å². The van der Waals surface area contributed by atoms with Gasteiger partial charge >= 0.3 is 0 Å². The van der Waals surface area contributed by atoms with Crippen LogP contribution in [0.4, 0.5) is 11.5 Å². The summed E-state index contributed by atoms with van der Waals surface area (Å²) < 4.78 is 6.84. The Morgan fingerprint density at radius 3 is 2.64 bits per heavy atom. The second kappa shape index (κ2) is 6.18. The molecule has 22 heavy (non-hydrogen) atoms. The summed E-state index contributed by atoms with van der Waals surface area (Å²) in [6.45, 7) is 3.69. The fourth-order valence-corrected chi connectivity index (χ4v) is 2.63. The van der Waals surface area contributed by atoms with Crippen LogP contribution in [0.3, 0.4) is 0 Å². The van der Waals surface area contributed by atoms with Crippen molar-refractivity contribution in [2.45, 2.75) is 6.61 Å². The molecule has 8 nitrogen and oxygen atoms in total. The Labute approximate surface area is 128 Å². The van der Waals surface area contributed by atoms with E-state index >= 15 is 0 Å². The van der Waals surface area contributed by atoms with Crippen LogP contribution in [-0.2, 0) is 18.4 Å². The van der Waals surface area contributed by atoms with Crippen molar-refractivity contribution in [1.29, 1.82) is 0 Å². The van der Waals surface area contributed by atoms with Gasteiger partial charge in [-0.05, 0) is 0 Å². The van der Waals surface area contributed by atoms with E-state index in [1.165, 1.54) is 0 Å². The molecule has 3 rings (SSSR count). The molecule has 0 saturated carbocycles. The number of ether oxygens (including phenoxy) is 1. The van der Waals surface area contributed by atoms with E-state index < -0.39 is 0 Å². The monoisotopic (exact) mass is 304 g/mol. The lowest BCUT2D eigenvalue weighted by Crippen LogP contribution is -2.47. The first-order valence-corrected chi connectivity index (χ1v) is 7.23. The molecule has 2 aromatic heterocycles. The third-order valence-electron chi connectivity index (χ3n) is 3.72. The van der Waals surface area contributed by atoms with Gasteiger partial charge in [0.05, 0.1) is 11.9 Å². The molecule has 1 fully saturated rings. The van der Waals surface area contributed by atoms with Crippen LogP contribution in [0.15, 0.2) is 23.3 Å². The van der Waals surface area contributed by atoms with Crippen molar-refractivity contribution in [3.8, 4) is 0 Å². The first kappa shape index (κ1) is 14.6. The summed E-state index contributed by atoms with van der Waals surface area (Å²) in [5, 5.41) is 4.20. The average Bonchev–Trinajstić information content (AvgIpc) is 2.94. The smallest absolute Gasteiger partial charge is 0.253 e. The highest BCUT2D eigenvalue weighted by Crippen LogP contribution is 2.17. The van der Waals surface area contributed by atoms with Gasteiger partial charge in [0.2, 0.25) is 0 Å². The van der Waals surface area contributed by atoms with E-state index in [0.717, 1.165) is 31.9 Å². The Morgan fingerprint density at radius 2 is 2.00 bits per heavy atom. The molecule has 1 aliphatic heterocycles. The number of rotatable bonds is 4. The highest BCUT2D eigenvalue weighted by molar-refractivity contribution is 5.46. The van der Waals surface area contributed by atoms with Crippen molar-refractivity contribution in [1.82, 2.24) is 19.7 Å². The van der Waals surface area contributed by atoms with Crippen LogP contribution >= 0.6 is 0 Å². The molecule has 3 heterocycles. The van der Waals surface area contributed by atoms with Gasteiger partial charge in [0, 0.05) is 52.6 Å². The van der Waals surface area contributed by atoms with E-state index in [9.17, 15) is 4.79 Å². The molecule has 118 valence electrons. The number of anilines is 2. The molecule has 0 unspecified atom stereocenters. The van der Waals surface area contributed by atoms with Crippen LogP contribution in [0, 0.1) is 0 Å². The largest absolute Gasteiger partial charge is 0.377 e. The molecule has 0 bridgehead atoms. The zero-order valence-electron chi connectivity index (χ0n) is 12.8. The number of hydrogen-bond acceptors (Lipinski definition) is 6. The predicted molar refractivity (Wildman–Crippen MR) is 83.2 cm³/mol. The molecule has 2 aromatic rings. The Hall–Kier alpha value is -2.35. The van der Waals surface area contributed by atoms with Gasteiger partial charge in [-0.3, -0.25) is 9.48 Å². The summed E-state index contributed by atoms with van der Waals surface area (Å²) in [6.07, 6.45) is 3.88. The maximum atomic E-state index is 11.7. The van der Waals surface area contributed by atoms with Gasteiger partial charge in [-0.25, -0.2) is 4.98 Å². The standard InChI is InChI=1S/C14H20N6O2/c1-18-9-11(8-15-18)19-3-5-20(6-4-19)13-7-14(21)17-12(16-13)10-22-2/h7-9H,3-6,10H2,1-2H3,(H,16,17,21). The molecule has 1 saturated heterocycles. The third kappa shape index (κ3) is 3.11. The summed E-state index contributed by atoms with van der Waals surface area (Å²) in [4.78, 5) is 23.3. The lowest BCUT2D eigenvalue weighted by atomic mass is 10.3. The first-order chi connectivity index (χ1) is 10.7. The molecular formula is C14H20N6O2. The molecule has 0 aliphatic carbocycles. The van der Waals surface area contributed by atoms with Crippen LogP contribution < -0.4 is 15.4 Å². The van der Waals surface area contributed by atoms with Crippen molar-refractivity contribution in [2.24, 2.45) is 7.05 Å². The van der Waals surface area contributed by atoms with Crippen LogP contribution in [0.25, 0.3) is 0 Å². The quantitative estimate of drug-likeness (QED) is 0.855. The van der Waals surface area contributed by atoms with Crippen molar-refractivity contribution in [3.05, 3.63) is 34.6 Å². The second-order valence-electron chi connectivity index (χ2n) is 5.33. The summed E-state index contributed by atoms with van der Waals surface area (Å²) in [5.74, 6) is 1.27. The van der Waals surface area contributed by atoms with Gasteiger partial charge in [0.1, 0.15) is 18.2 Å². The van der Waals surface area contributed by atoms with Crippen molar-refractivity contribution >= 4 is 11.5 Å². The maximum absolute atomic E-state index is 11.7. The van der Waals surface area contributed by atoms with Gasteiger partial charge in [0.25, 0.3) is 5.56 Å². The van der Waals surface area contributed by atoms with Crippen LogP contribution in [-0.4, -0.2) is 53.0 Å². The Kier molecular flexibility index (Phi) is 4.10. The average molecular weight is 304 g/mol. The molecule has 0 aromatic carbocycles. The van der Waals surface area contributed by atoms with E-state index in [0.29, 0.717) is 18.2 Å². The number of piperazine rings is 1. The lowest BCUT2D eigenvalue weighted by Gasteiger charge is -2.35. The van der Waals surface area contributed by atoms with Gasteiger partial charge < -0.3 is 19.5 Å². The topological polar surface area (TPSA) is 79.3 Å². The minimum atomic E-state index is -0.147. The fraction of sp³-hybridized carbons (Fsp3) is 0.500. The maximum Gasteiger partial charge on any atom is 0.253 e. The van der Waals surface area contributed by atoms with Gasteiger partial charge in [0.15, 0.2) is 0 Å².